The van der Waals surface area contributed by atoms with E-state index in [0.717, 1.165) is 60.1 Å². The number of anilines is 1. The molecule has 0 saturated heterocycles. The van der Waals surface area contributed by atoms with Crippen LogP contribution in [0.3, 0.4) is 0 Å². The number of aromatic carboxylic acids is 1. The average Bonchev–Trinajstić information content (AvgIpc) is 2.04. The molecule has 0 unspecified atom stereocenters. The topological polar surface area (TPSA) is 297 Å². The third-order valence-electron chi connectivity index (χ3n) is 12.6. The Labute approximate surface area is 571 Å². The fraction of sp³-hybridized carbons (Fsp3) is 0.225. The monoisotopic (exact) mass is 1360 g/mol. The van der Waals surface area contributed by atoms with Crippen LogP contribution in [0, 0.1) is 5.92 Å². The van der Waals surface area contributed by atoms with E-state index in [-0.39, 0.29) is 49.1 Å². The van der Waals surface area contributed by atoms with Crippen molar-refractivity contribution in [3.63, 3.8) is 0 Å². The van der Waals surface area contributed by atoms with Crippen LogP contribution in [0.15, 0.2) is 204 Å². The van der Waals surface area contributed by atoms with Gasteiger partial charge >= 0.3 is 18.0 Å². The summed E-state index contributed by atoms with van der Waals surface area (Å²) in [6.45, 7) is 13.7. The van der Waals surface area contributed by atoms with Crippen molar-refractivity contribution in [2.45, 2.75) is 98.4 Å². The molecule has 0 saturated carbocycles. The Morgan fingerprint density at radius 1 is 0.457 bits per heavy atom. The number of rotatable bonds is 18. The maximum atomic E-state index is 12.4. The van der Waals surface area contributed by atoms with Gasteiger partial charge in [0.15, 0.2) is 16.7 Å². The molecule has 0 aliphatic heterocycles. The van der Waals surface area contributed by atoms with Gasteiger partial charge < -0.3 is 37.1 Å². The molecule has 0 fully saturated rings. The number of thiazole rings is 4. The molecule has 8 N–H and O–H groups in total. The lowest BCUT2D eigenvalue weighted by Crippen LogP contribution is -2.41. The molecule has 2 amide bonds. The predicted molar refractivity (Wildman–Crippen MR) is 383 cm³/mol. The Bertz CT molecular complexity index is 3820. The van der Waals surface area contributed by atoms with Gasteiger partial charge in [-0.15, -0.1) is 45.3 Å². The van der Waals surface area contributed by atoms with Crippen molar-refractivity contribution in [3.8, 4) is 45.0 Å². The summed E-state index contributed by atoms with van der Waals surface area (Å²) in [5.74, 6) is -1.91. The largest absolute Gasteiger partial charge is 0.480 e. The third kappa shape index (κ3) is 28.2. The maximum Gasteiger partial charge on any atom is 0.408 e. The Morgan fingerprint density at radius 2 is 0.787 bits per heavy atom. The Balaban J connectivity index is 0.000000247. The number of nitrogens with zero attached hydrogens (tertiary/aromatic N) is 4. The Morgan fingerprint density at radius 3 is 1.10 bits per heavy atom. The lowest BCUT2D eigenvalue weighted by Gasteiger charge is -2.20. The van der Waals surface area contributed by atoms with E-state index >= 15 is 0 Å². The number of carboxylic acid groups (broad SMARTS) is 2. The summed E-state index contributed by atoms with van der Waals surface area (Å²) in [5, 5.41) is 32.8. The van der Waals surface area contributed by atoms with Gasteiger partial charge in [0.05, 0.1) is 59.7 Å². The molecule has 4 aromatic heterocycles. The minimum Gasteiger partial charge on any atom is -0.480 e. The normalized spacial score (nSPS) is 11.3. The molecule has 6 aromatic carbocycles. The lowest BCUT2D eigenvalue weighted by molar-refractivity contribution is -0.139. The van der Waals surface area contributed by atoms with Gasteiger partial charge in [-0.25, -0.2) is 29.5 Å². The van der Waals surface area contributed by atoms with Gasteiger partial charge in [0.25, 0.3) is 5.91 Å². The second kappa shape index (κ2) is 39.9. The van der Waals surface area contributed by atoms with Crippen LogP contribution >= 0.6 is 58.8 Å². The molecule has 0 bridgehead atoms. The third-order valence-corrected chi connectivity index (χ3v) is 15.8. The van der Waals surface area contributed by atoms with Crippen molar-refractivity contribution in [3.05, 3.63) is 230 Å². The van der Waals surface area contributed by atoms with Gasteiger partial charge in [-0.2, -0.15) is 13.5 Å². The molecule has 94 heavy (non-hydrogen) atoms. The van der Waals surface area contributed by atoms with E-state index in [2.05, 4.69) is 30.6 Å². The van der Waals surface area contributed by atoms with Gasteiger partial charge in [-0.05, 0) is 65.8 Å². The zero-order valence-electron chi connectivity index (χ0n) is 53.3. The highest BCUT2D eigenvalue weighted by Crippen LogP contribution is 2.26. The number of Topliss-reactive ketones (excluding diaryl/α,β-unsaturated/α-hetero) is 3. The molecule has 10 rings (SSSR count). The molecule has 18 nitrogen and oxygen atoms in total. The molecule has 3 atom stereocenters. The zero-order valence-corrected chi connectivity index (χ0v) is 57.6. The van der Waals surface area contributed by atoms with Crippen molar-refractivity contribution in [2.75, 3.05) is 5.73 Å². The van der Waals surface area contributed by atoms with Gasteiger partial charge in [0.1, 0.15) is 32.4 Å². The van der Waals surface area contributed by atoms with Crippen LogP contribution in [0.2, 0.25) is 0 Å². The summed E-state index contributed by atoms with van der Waals surface area (Å²) in [4.78, 5) is 96.8. The highest BCUT2D eigenvalue weighted by molar-refractivity contribution is 7.59. The van der Waals surface area contributed by atoms with Gasteiger partial charge in [0.2, 0.25) is 0 Å². The molecule has 0 aliphatic carbocycles. The van der Waals surface area contributed by atoms with E-state index in [1.165, 1.54) is 40.9 Å². The van der Waals surface area contributed by atoms with Crippen molar-refractivity contribution >= 4 is 105 Å². The standard InChI is InChI=1S/C20H18N2O2S.C14H15NOS.C13H14N2OS.C9H8N2S.C8H15NO4.C7H6O2.H2S/c1-14(21-20(24)16-10-6-3-7-11-16)18(23)12-19-22-17(13-25-19)15-8-4-2-5-9-15;1-10(2)13(16)8-14-15-12(9-17-14)11-6-4-3-5-7-11;1-9(14)12(16)7-13-15-11(8-17-13)10-5-3-2-4-6-10;10-9-11-8(6-12-9)7-4-2-1-3-5-7;1-5(6(10)11)9-7(12)13-8(2,3)4;8-7(9)6-4-2-1-3-5-6;/h2-11,13-14H,12H2,1H3,(H,21,24);3-7,9-10H,8H2,1-2H3;2-6,8-9H,7,14H2,1H3;1-6H,(H2,10,11);5H,1-4H3,(H,9,12)(H,10,11);1-5H,(H,8,9);1H2/t14-;;9-;;5-;;/m0.0.0../s1. The fourth-order valence-electron chi connectivity index (χ4n) is 7.47. The van der Waals surface area contributed by atoms with Crippen LogP contribution in [-0.2, 0) is 43.2 Å². The molecule has 10 aromatic rings. The first-order valence-corrected chi connectivity index (χ1v) is 32.8. The van der Waals surface area contributed by atoms with Gasteiger partial charge in [-0.3, -0.25) is 24.0 Å². The number of carbonyl (C=O) groups excluding carboxylic acids is 5. The minimum atomic E-state index is -1.09. The first-order chi connectivity index (χ1) is 44.3. The van der Waals surface area contributed by atoms with Crippen LogP contribution in [0.5, 0.6) is 0 Å². The summed E-state index contributed by atoms with van der Waals surface area (Å²) in [6.07, 6.45) is 0.278. The number of alkyl carbamates (subject to hydrolysis) is 1. The predicted octanol–water partition coefficient (Wildman–Crippen LogP) is 14.5. The number of ether oxygens (including phenoxy) is 1. The Kier molecular flexibility index (Phi) is 32.7. The lowest BCUT2D eigenvalue weighted by atomic mass is 10.1. The van der Waals surface area contributed by atoms with E-state index in [9.17, 15) is 33.6 Å². The summed E-state index contributed by atoms with van der Waals surface area (Å²) in [5.41, 5.74) is 19.3. The highest BCUT2D eigenvalue weighted by atomic mass is 32.1. The fourth-order valence-corrected chi connectivity index (χ4v) is 10.5. The second-order valence-corrected chi connectivity index (χ2v) is 25.4. The highest BCUT2D eigenvalue weighted by Gasteiger charge is 2.21. The maximum absolute atomic E-state index is 12.4. The molecule has 4 heterocycles. The van der Waals surface area contributed by atoms with Crippen molar-refractivity contribution in [2.24, 2.45) is 11.7 Å². The molecule has 0 radical (unpaired) electrons. The molecular weight excluding hydrogens is 1290 g/mol. The number of benzene rings is 6. The molecular formula is C71H78N8O10S5. The van der Waals surface area contributed by atoms with Crippen LogP contribution in [-0.4, -0.2) is 95.2 Å². The number of ketones is 3. The van der Waals surface area contributed by atoms with Crippen LogP contribution in [0.1, 0.15) is 91.1 Å². The van der Waals surface area contributed by atoms with Crippen molar-refractivity contribution in [1.82, 2.24) is 30.6 Å². The summed E-state index contributed by atoms with van der Waals surface area (Å²) >= 11 is 5.99. The molecule has 492 valence electrons. The number of nitrogen functional groups attached to an aromatic ring is 1. The SMILES string of the molecule is CC(C)C(=O)Cc1nc(-c2ccccc2)cs1.C[C@H](N)C(=O)Cc1nc(-c2ccccc2)cs1.C[C@H](NC(=O)OC(C)(C)C)C(=O)O.C[C@H](NC(=O)c1ccccc1)C(=O)Cc1nc(-c2ccccc2)cs1.Nc1nc(-c2ccccc2)cs1.O=C(O)c1ccccc1.S. The first kappa shape index (κ1) is 77.1. The van der Waals surface area contributed by atoms with Crippen molar-refractivity contribution < 1.29 is 48.5 Å². The van der Waals surface area contributed by atoms with Crippen LogP contribution in [0.4, 0.5) is 9.93 Å². The van der Waals surface area contributed by atoms with E-state index in [1.807, 2.05) is 163 Å². The summed E-state index contributed by atoms with van der Waals surface area (Å²) in [6, 6.07) is 55.1. The smallest absolute Gasteiger partial charge is 0.408 e. The molecule has 23 heteroatoms. The zero-order chi connectivity index (χ0) is 67.9. The van der Waals surface area contributed by atoms with Gasteiger partial charge in [-0.1, -0.05) is 172 Å². The van der Waals surface area contributed by atoms with Crippen molar-refractivity contribution in [1.29, 1.82) is 0 Å². The number of aromatic nitrogens is 4. The summed E-state index contributed by atoms with van der Waals surface area (Å²) in [7, 11) is 0. The first-order valence-electron chi connectivity index (χ1n) is 29.3. The average molecular weight is 1360 g/mol. The number of nitrogens with two attached hydrogens (primary N) is 2. The number of amides is 2. The number of hydrogen-bond acceptors (Lipinski definition) is 18. The van der Waals surface area contributed by atoms with Gasteiger partial charge in [0, 0.05) is 55.3 Å². The van der Waals surface area contributed by atoms with E-state index < -0.39 is 41.8 Å². The summed E-state index contributed by atoms with van der Waals surface area (Å²) < 4.78 is 4.85. The number of nitrogens with one attached hydrogen (secondary N) is 2. The number of carboxylic acids is 2. The second-order valence-electron chi connectivity index (χ2n) is 21.7. The number of carbonyl (C=O) groups is 7. The van der Waals surface area contributed by atoms with Crippen LogP contribution in [0.25, 0.3) is 45.0 Å². The quantitative estimate of drug-likeness (QED) is 0.0465. The van der Waals surface area contributed by atoms with E-state index in [4.69, 9.17) is 26.4 Å². The minimum absolute atomic E-state index is 0. The molecule has 0 aliphatic rings. The van der Waals surface area contributed by atoms with E-state index in [0.29, 0.717) is 29.1 Å². The Hall–Kier alpha value is -9.36. The van der Waals surface area contributed by atoms with E-state index in [1.54, 1.807) is 101 Å². The molecule has 0 spiro atoms. The number of hydrogen-bond donors (Lipinski definition) is 6. The number of aliphatic carboxylic acids is 1. The van der Waals surface area contributed by atoms with Crippen LogP contribution < -0.4 is 22.1 Å².